The molecule has 0 bridgehead atoms. The fourth-order valence-corrected chi connectivity index (χ4v) is 4.43. The summed E-state index contributed by atoms with van der Waals surface area (Å²) < 4.78 is 27.2. The molecule has 1 unspecified atom stereocenters. The van der Waals surface area contributed by atoms with Crippen LogP contribution in [0.15, 0.2) is 0 Å². The van der Waals surface area contributed by atoms with Gasteiger partial charge in [0.25, 0.3) is 5.91 Å². The second-order valence-corrected chi connectivity index (χ2v) is 10.4. The minimum absolute atomic E-state index is 0.0972. The number of nitrogens with zero attached hydrogens (tertiary/aromatic N) is 3. The standard InChI is InChI=1S/C16H34N3O5P/c1-15(2,21)8-13-24-16(3,4)14(20)18-9-11-19(12-10-18)25(22,23-7)17(5)6/h21H,8-13H2,1-7H3. The van der Waals surface area contributed by atoms with E-state index in [1.807, 2.05) is 0 Å². The highest BCUT2D eigenvalue weighted by molar-refractivity contribution is 7.53. The molecule has 1 N–H and O–H groups in total. The van der Waals surface area contributed by atoms with E-state index in [9.17, 15) is 14.5 Å². The van der Waals surface area contributed by atoms with E-state index >= 15 is 0 Å². The van der Waals surface area contributed by atoms with Crippen LogP contribution in [-0.4, -0.2) is 90.4 Å². The predicted molar refractivity (Wildman–Crippen MR) is 97.4 cm³/mol. The molecule has 0 spiro atoms. The number of amides is 1. The minimum Gasteiger partial charge on any atom is -0.390 e. The van der Waals surface area contributed by atoms with E-state index in [2.05, 4.69) is 0 Å². The second kappa shape index (κ2) is 8.46. The highest BCUT2D eigenvalue weighted by Gasteiger charge is 2.39. The number of ether oxygens (including phenoxy) is 1. The van der Waals surface area contributed by atoms with Crippen molar-refractivity contribution in [2.75, 3.05) is 54.0 Å². The van der Waals surface area contributed by atoms with Crippen molar-refractivity contribution in [2.45, 2.75) is 45.3 Å². The van der Waals surface area contributed by atoms with Gasteiger partial charge in [0, 0.05) is 33.3 Å². The average Bonchev–Trinajstić information content (AvgIpc) is 2.51. The summed E-state index contributed by atoms with van der Waals surface area (Å²) in [7, 11) is 1.88. The fraction of sp³-hybridized carbons (Fsp3) is 0.938. The van der Waals surface area contributed by atoms with Crippen molar-refractivity contribution in [1.82, 2.24) is 14.2 Å². The molecule has 1 aliphatic rings. The van der Waals surface area contributed by atoms with Gasteiger partial charge in [-0.3, -0.25) is 9.36 Å². The number of hydrogen-bond acceptors (Lipinski definition) is 5. The minimum atomic E-state index is -3.01. The largest absolute Gasteiger partial charge is 0.390 e. The monoisotopic (exact) mass is 379 g/mol. The van der Waals surface area contributed by atoms with Crippen molar-refractivity contribution < 1.29 is 23.7 Å². The molecule has 0 aliphatic carbocycles. The highest BCUT2D eigenvalue weighted by atomic mass is 31.2. The zero-order chi connectivity index (χ0) is 19.5. The second-order valence-electron chi connectivity index (χ2n) is 7.69. The van der Waals surface area contributed by atoms with Crippen molar-refractivity contribution in [3.05, 3.63) is 0 Å². The van der Waals surface area contributed by atoms with Gasteiger partial charge in [0.15, 0.2) is 0 Å². The van der Waals surface area contributed by atoms with Gasteiger partial charge in [-0.1, -0.05) is 0 Å². The first-order chi connectivity index (χ1) is 11.3. The third-order valence-electron chi connectivity index (χ3n) is 4.34. The zero-order valence-electron chi connectivity index (χ0n) is 16.6. The zero-order valence-corrected chi connectivity index (χ0v) is 17.5. The van der Waals surface area contributed by atoms with Crippen molar-refractivity contribution >= 4 is 13.6 Å². The van der Waals surface area contributed by atoms with E-state index in [4.69, 9.17) is 9.26 Å². The maximum Gasteiger partial charge on any atom is 0.345 e. The first-order valence-corrected chi connectivity index (χ1v) is 10.1. The molecule has 1 rings (SSSR count). The van der Waals surface area contributed by atoms with Crippen LogP contribution in [0.5, 0.6) is 0 Å². The molecule has 1 amide bonds. The number of carbonyl (C=O) groups is 1. The SMILES string of the molecule is COP(=O)(N(C)C)N1CCN(C(=O)C(C)(C)OCCC(C)(C)O)CC1. The topological polar surface area (TPSA) is 82.6 Å². The predicted octanol–water partition coefficient (Wildman–Crippen LogP) is 1.40. The molecule has 9 heteroatoms. The maximum absolute atomic E-state index is 12.8. The summed E-state index contributed by atoms with van der Waals surface area (Å²) in [5.74, 6) is -0.0972. The molecule has 0 aromatic carbocycles. The Bertz CT molecular complexity index is 496. The molecular formula is C16H34N3O5P. The van der Waals surface area contributed by atoms with Crippen LogP contribution < -0.4 is 0 Å². The van der Waals surface area contributed by atoms with Crippen LogP contribution >= 0.6 is 7.67 Å². The summed E-state index contributed by atoms with van der Waals surface area (Å²) in [5, 5.41) is 9.75. The molecule has 25 heavy (non-hydrogen) atoms. The van der Waals surface area contributed by atoms with Crippen molar-refractivity contribution in [1.29, 1.82) is 0 Å². The van der Waals surface area contributed by atoms with E-state index < -0.39 is 18.9 Å². The number of rotatable bonds is 8. The molecule has 0 saturated carbocycles. The van der Waals surface area contributed by atoms with Crippen LogP contribution in [0.1, 0.15) is 34.1 Å². The Hall–Kier alpha value is -0.500. The van der Waals surface area contributed by atoms with E-state index in [1.165, 1.54) is 7.11 Å². The van der Waals surface area contributed by atoms with Gasteiger partial charge in [-0.25, -0.2) is 9.34 Å². The Morgan fingerprint density at radius 1 is 1.16 bits per heavy atom. The van der Waals surface area contributed by atoms with Gasteiger partial charge < -0.3 is 19.3 Å². The average molecular weight is 379 g/mol. The van der Waals surface area contributed by atoms with E-state index in [-0.39, 0.29) is 5.91 Å². The molecular weight excluding hydrogens is 345 g/mol. The molecule has 1 atom stereocenters. The Labute approximate surface area is 151 Å². The number of aliphatic hydroxyl groups is 1. The van der Waals surface area contributed by atoms with Gasteiger partial charge in [-0.2, -0.15) is 0 Å². The summed E-state index contributed by atoms with van der Waals surface area (Å²) in [6, 6.07) is 0. The van der Waals surface area contributed by atoms with Crippen LogP contribution in [0, 0.1) is 0 Å². The molecule has 1 heterocycles. The van der Waals surface area contributed by atoms with Gasteiger partial charge in [-0.05, 0) is 48.2 Å². The summed E-state index contributed by atoms with van der Waals surface area (Å²) in [6.45, 7) is 9.12. The molecule has 0 aromatic rings. The molecule has 1 aliphatic heterocycles. The molecule has 148 valence electrons. The van der Waals surface area contributed by atoms with E-state index in [1.54, 1.807) is 56.0 Å². The molecule has 1 fully saturated rings. The van der Waals surface area contributed by atoms with E-state index in [0.717, 1.165) is 0 Å². The van der Waals surface area contributed by atoms with Gasteiger partial charge in [0.1, 0.15) is 5.60 Å². The third-order valence-corrected chi connectivity index (χ3v) is 6.94. The summed E-state index contributed by atoms with van der Waals surface area (Å²) in [6.07, 6.45) is 0.456. The normalized spacial score (nSPS) is 20.0. The highest BCUT2D eigenvalue weighted by Crippen LogP contribution is 2.51. The lowest BCUT2D eigenvalue weighted by Crippen LogP contribution is -2.54. The Balaban J connectivity index is 2.61. The van der Waals surface area contributed by atoms with Crippen LogP contribution in [0.25, 0.3) is 0 Å². The van der Waals surface area contributed by atoms with E-state index in [0.29, 0.717) is 39.2 Å². The molecule has 1 saturated heterocycles. The lowest BCUT2D eigenvalue weighted by molar-refractivity contribution is -0.157. The van der Waals surface area contributed by atoms with Crippen LogP contribution in [-0.2, 0) is 18.6 Å². The van der Waals surface area contributed by atoms with Crippen molar-refractivity contribution in [2.24, 2.45) is 0 Å². The van der Waals surface area contributed by atoms with Gasteiger partial charge in [0.05, 0.1) is 12.2 Å². The smallest absolute Gasteiger partial charge is 0.345 e. The molecule has 8 nitrogen and oxygen atoms in total. The summed E-state index contributed by atoms with van der Waals surface area (Å²) in [4.78, 5) is 14.5. The lowest BCUT2D eigenvalue weighted by atomic mass is 10.0. The first-order valence-electron chi connectivity index (χ1n) is 8.58. The maximum atomic E-state index is 12.8. The Morgan fingerprint density at radius 2 is 1.68 bits per heavy atom. The van der Waals surface area contributed by atoms with Crippen LogP contribution in [0.4, 0.5) is 0 Å². The Morgan fingerprint density at radius 3 is 2.08 bits per heavy atom. The van der Waals surface area contributed by atoms with Crippen molar-refractivity contribution in [3.63, 3.8) is 0 Å². The van der Waals surface area contributed by atoms with Crippen LogP contribution in [0.3, 0.4) is 0 Å². The Kier molecular flexibility index (Phi) is 7.63. The quantitative estimate of drug-likeness (QED) is 0.639. The van der Waals surface area contributed by atoms with Crippen molar-refractivity contribution in [3.8, 4) is 0 Å². The third kappa shape index (κ3) is 6.01. The van der Waals surface area contributed by atoms with Gasteiger partial charge >= 0.3 is 7.67 Å². The first kappa shape index (κ1) is 22.5. The summed E-state index contributed by atoms with van der Waals surface area (Å²) >= 11 is 0. The van der Waals surface area contributed by atoms with Gasteiger partial charge in [-0.15, -0.1) is 0 Å². The van der Waals surface area contributed by atoms with Gasteiger partial charge in [0.2, 0.25) is 0 Å². The summed E-state index contributed by atoms with van der Waals surface area (Å²) in [5.41, 5.74) is -1.78. The number of hydrogen-bond donors (Lipinski definition) is 1. The van der Waals surface area contributed by atoms with Crippen LogP contribution in [0.2, 0.25) is 0 Å². The number of carbonyl (C=O) groups excluding carboxylic acids is 1. The number of piperazine rings is 1. The molecule has 0 radical (unpaired) electrons. The fourth-order valence-electron chi connectivity index (χ4n) is 2.68. The lowest BCUT2D eigenvalue weighted by Gasteiger charge is -2.41. The molecule has 0 aromatic heterocycles.